The van der Waals surface area contributed by atoms with Gasteiger partial charge in [0.1, 0.15) is 5.02 Å². The van der Waals surface area contributed by atoms with Crippen LogP contribution in [0.25, 0.3) is 0 Å². The number of rotatable bonds is 5. The van der Waals surface area contributed by atoms with Gasteiger partial charge in [0.25, 0.3) is 5.69 Å². The minimum absolute atomic E-state index is 0.0633. The lowest BCUT2D eigenvalue weighted by molar-refractivity contribution is -0.464. The van der Waals surface area contributed by atoms with Crippen molar-refractivity contribution in [1.29, 1.82) is 0 Å². The molecule has 1 aromatic carbocycles. The van der Waals surface area contributed by atoms with Crippen molar-refractivity contribution >= 4 is 29.5 Å². The van der Waals surface area contributed by atoms with Crippen molar-refractivity contribution in [3.05, 3.63) is 32.0 Å². The number of nitro groups is 1. The van der Waals surface area contributed by atoms with Crippen LogP contribution in [0.4, 0.5) is 5.69 Å². The van der Waals surface area contributed by atoms with E-state index in [1.54, 1.807) is 0 Å². The van der Waals surface area contributed by atoms with Gasteiger partial charge in [-0.2, -0.15) is 0 Å². The smallest absolute Gasteiger partial charge is 0.366 e. The van der Waals surface area contributed by atoms with Gasteiger partial charge in [-0.3, -0.25) is 21.6 Å². The normalized spacial score (nSPS) is 10.4. The molecule has 0 spiro atoms. The summed E-state index contributed by atoms with van der Waals surface area (Å²) >= 11 is 6.01. The molecule has 0 atom stereocenters. The first-order chi connectivity index (χ1) is 9.83. The summed E-state index contributed by atoms with van der Waals surface area (Å²) in [6, 6.07) is 1.09. The maximum atomic E-state index is 11.1. The average molecular weight is 318 g/mol. The first kappa shape index (κ1) is 16.3. The fourth-order valence-electron chi connectivity index (χ4n) is 1.40. The fraction of sp³-hybridized carbons (Fsp3) is 0.200. The Morgan fingerprint density at radius 1 is 1.38 bits per heavy atom. The van der Waals surface area contributed by atoms with Gasteiger partial charge in [0.2, 0.25) is 0 Å². The number of nitrogens with zero attached hydrogens (tertiary/aromatic N) is 3. The molecule has 0 fully saturated rings. The van der Waals surface area contributed by atoms with Gasteiger partial charge in [0.15, 0.2) is 11.5 Å². The first-order valence-corrected chi connectivity index (χ1v) is 5.69. The molecule has 114 valence electrons. The molecular weight excluding hydrogens is 306 g/mol. The van der Waals surface area contributed by atoms with E-state index < -0.39 is 16.6 Å². The van der Waals surface area contributed by atoms with Crippen molar-refractivity contribution in [1.82, 2.24) is 0 Å². The van der Waals surface area contributed by atoms with Crippen LogP contribution in [0.1, 0.15) is 5.56 Å². The summed E-state index contributed by atoms with van der Waals surface area (Å²) in [6.07, 6.45) is 0.856. The summed E-state index contributed by atoms with van der Waals surface area (Å²) in [5, 5.41) is 25.4. The third kappa shape index (κ3) is 3.42. The summed E-state index contributed by atoms with van der Waals surface area (Å²) < 4.78 is 9.96. The van der Waals surface area contributed by atoms with E-state index in [0.29, 0.717) is 0 Å². The maximum Gasteiger partial charge on any atom is 0.366 e. The van der Waals surface area contributed by atoms with E-state index in [-0.39, 0.29) is 26.9 Å². The van der Waals surface area contributed by atoms with Crippen LogP contribution in [0.5, 0.6) is 11.5 Å². The Morgan fingerprint density at radius 2 is 2.00 bits per heavy atom. The third-order valence-electron chi connectivity index (χ3n) is 2.34. The minimum atomic E-state index is -0.708. The Labute approximate surface area is 123 Å². The molecule has 11 heteroatoms. The Bertz CT molecular complexity index is 627. The van der Waals surface area contributed by atoms with Crippen LogP contribution in [0.15, 0.2) is 11.2 Å². The molecular formula is C10H12ClN5O5. The van der Waals surface area contributed by atoms with E-state index in [0.717, 1.165) is 12.3 Å². The van der Waals surface area contributed by atoms with Crippen LogP contribution in [-0.2, 0) is 0 Å². The number of guanidine groups is 1. The van der Waals surface area contributed by atoms with Gasteiger partial charge in [-0.1, -0.05) is 11.6 Å². The lowest BCUT2D eigenvalue weighted by Crippen LogP contribution is -2.30. The highest BCUT2D eigenvalue weighted by Gasteiger charge is 2.24. The molecule has 0 amide bonds. The number of hydrogen-bond donors (Lipinski definition) is 2. The zero-order valence-corrected chi connectivity index (χ0v) is 11.8. The Hall–Kier alpha value is -2.75. The number of nitrogens with two attached hydrogens (primary N) is 2. The van der Waals surface area contributed by atoms with Crippen molar-refractivity contribution in [3.8, 4) is 11.5 Å². The van der Waals surface area contributed by atoms with Crippen LogP contribution in [0.2, 0.25) is 5.02 Å². The Kier molecular flexibility index (Phi) is 5.13. The molecule has 0 saturated carbocycles. The second-order valence-corrected chi connectivity index (χ2v) is 3.94. The van der Waals surface area contributed by atoms with Crippen molar-refractivity contribution < 1.29 is 19.2 Å². The van der Waals surface area contributed by atoms with E-state index in [1.165, 1.54) is 14.2 Å². The third-order valence-corrected chi connectivity index (χ3v) is 2.71. The molecule has 0 unspecified atom stereocenters. The number of ether oxygens (including phenoxy) is 2. The standard InChI is InChI=1S/C10H12ClN5O5/c1-20-7-3-6(16(18)19)5(8(11)9(7)21-2)4-14-15(17)10(12)13/h3-4H,12-13H2,1-2H3. The second kappa shape index (κ2) is 6.61. The molecule has 0 aliphatic carbocycles. The van der Waals surface area contributed by atoms with Crippen LogP contribution in [-0.4, -0.2) is 36.2 Å². The van der Waals surface area contributed by atoms with Gasteiger partial charge < -0.3 is 14.7 Å². The number of nitro benzene ring substituents is 1. The number of halogens is 1. The predicted octanol–water partition coefficient (Wildman–Crippen LogP) is 0.383. The lowest BCUT2D eigenvalue weighted by Gasteiger charge is -2.11. The predicted molar refractivity (Wildman–Crippen MR) is 75.8 cm³/mol. The molecule has 0 radical (unpaired) electrons. The molecule has 0 bridgehead atoms. The van der Waals surface area contributed by atoms with E-state index in [4.69, 9.17) is 32.5 Å². The average Bonchev–Trinajstić information content (AvgIpc) is 2.44. The van der Waals surface area contributed by atoms with Crippen molar-refractivity contribution in [2.24, 2.45) is 16.6 Å². The number of methoxy groups -OCH3 is 2. The fourth-order valence-corrected chi connectivity index (χ4v) is 1.72. The molecule has 10 nitrogen and oxygen atoms in total. The van der Waals surface area contributed by atoms with E-state index in [9.17, 15) is 15.3 Å². The number of hydrazone groups is 1. The van der Waals surface area contributed by atoms with Gasteiger partial charge >= 0.3 is 5.96 Å². The summed E-state index contributed by atoms with van der Waals surface area (Å²) in [5.41, 5.74) is 9.46. The molecule has 21 heavy (non-hydrogen) atoms. The zero-order valence-electron chi connectivity index (χ0n) is 11.1. The van der Waals surface area contributed by atoms with E-state index in [1.807, 2.05) is 0 Å². The summed E-state index contributed by atoms with van der Waals surface area (Å²) in [5.74, 6) is -0.505. The van der Waals surface area contributed by atoms with E-state index >= 15 is 0 Å². The number of hydrogen-bond acceptors (Lipinski definition) is 6. The molecule has 0 aliphatic heterocycles. The quantitative estimate of drug-likeness (QED) is 0.199. The summed E-state index contributed by atoms with van der Waals surface area (Å²) in [4.78, 5) is 10.2. The molecule has 0 saturated heterocycles. The minimum Gasteiger partial charge on any atom is -0.722 e. The van der Waals surface area contributed by atoms with E-state index in [2.05, 4.69) is 5.10 Å². The van der Waals surface area contributed by atoms with Crippen LogP contribution in [0.3, 0.4) is 0 Å². The Morgan fingerprint density at radius 3 is 2.43 bits per heavy atom. The maximum absolute atomic E-state index is 11.1. The van der Waals surface area contributed by atoms with Crippen molar-refractivity contribution in [3.63, 3.8) is 0 Å². The van der Waals surface area contributed by atoms with Crippen LogP contribution in [0, 0.1) is 15.3 Å². The highest BCUT2D eigenvalue weighted by atomic mass is 35.5. The topological polar surface area (TPSA) is 152 Å². The van der Waals surface area contributed by atoms with Crippen LogP contribution >= 0.6 is 11.6 Å². The summed E-state index contributed by atoms with van der Waals surface area (Å²) in [6.45, 7) is 0. The molecule has 0 aromatic heterocycles. The van der Waals surface area contributed by atoms with Gasteiger partial charge in [-0.15, -0.1) is 9.95 Å². The highest BCUT2D eigenvalue weighted by molar-refractivity contribution is 6.35. The molecule has 4 N–H and O–H groups in total. The number of benzene rings is 1. The molecule has 0 heterocycles. The van der Waals surface area contributed by atoms with Gasteiger partial charge in [0.05, 0.1) is 37.0 Å². The largest absolute Gasteiger partial charge is 0.722 e. The van der Waals surface area contributed by atoms with Gasteiger partial charge in [-0.05, 0) is 0 Å². The van der Waals surface area contributed by atoms with Crippen LogP contribution < -0.4 is 20.9 Å². The highest BCUT2D eigenvalue weighted by Crippen LogP contribution is 2.41. The van der Waals surface area contributed by atoms with Crippen molar-refractivity contribution in [2.75, 3.05) is 14.2 Å². The van der Waals surface area contributed by atoms with Gasteiger partial charge in [0, 0.05) is 0 Å². The summed E-state index contributed by atoms with van der Waals surface area (Å²) in [7, 11) is 2.61. The monoisotopic (exact) mass is 317 g/mol. The zero-order chi connectivity index (χ0) is 16.2. The lowest BCUT2D eigenvalue weighted by atomic mass is 10.1. The second-order valence-electron chi connectivity index (χ2n) is 3.56. The van der Waals surface area contributed by atoms with Crippen molar-refractivity contribution in [2.45, 2.75) is 0 Å². The first-order valence-electron chi connectivity index (χ1n) is 5.31. The molecule has 0 aliphatic rings. The Balaban J connectivity index is 3.55. The molecule has 1 aromatic rings. The SMILES string of the molecule is COc1cc([N+](=O)[O-])c(C=N[N+]([O-])=C(N)N)c(Cl)c1OC. The van der Waals surface area contributed by atoms with Gasteiger partial charge in [-0.25, -0.2) is 0 Å². The molecule has 1 rings (SSSR count).